The number of aliphatic hydroxyl groups is 2. The lowest BCUT2D eigenvalue weighted by Crippen LogP contribution is -2.54. The van der Waals surface area contributed by atoms with Gasteiger partial charge in [0.15, 0.2) is 11.7 Å². The van der Waals surface area contributed by atoms with Gasteiger partial charge < -0.3 is 15.1 Å². The highest BCUT2D eigenvalue weighted by molar-refractivity contribution is 5.82. The van der Waals surface area contributed by atoms with Gasteiger partial charge in [-0.25, -0.2) is 0 Å². The van der Waals surface area contributed by atoms with Gasteiger partial charge in [0.1, 0.15) is 0 Å². The second-order valence-corrected chi connectivity index (χ2v) is 5.17. The molecule has 0 aliphatic carbocycles. The predicted octanol–water partition coefficient (Wildman–Crippen LogP) is 1.64. The Hall–Kier alpha value is -1.60. The minimum absolute atomic E-state index is 0.237. The normalized spacial score (nSPS) is 20.1. The summed E-state index contributed by atoms with van der Waals surface area (Å²) in [5, 5.41) is 19.5. The van der Waals surface area contributed by atoms with Gasteiger partial charge in [-0.15, -0.1) is 0 Å². The van der Waals surface area contributed by atoms with Crippen molar-refractivity contribution in [1.82, 2.24) is 4.90 Å². The third-order valence-electron chi connectivity index (χ3n) is 3.78. The molecule has 1 amide bonds. The number of halogens is 3. The zero-order valence-electron chi connectivity index (χ0n) is 11.2. The summed E-state index contributed by atoms with van der Waals surface area (Å²) >= 11 is 0. The molecule has 1 aliphatic heterocycles. The molecule has 0 saturated carbocycles. The lowest BCUT2D eigenvalue weighted by molar-refractivity contribution is -0.272. The van der Waals surface area contributed by atoms with Crippen LogP contribution in [0.15, 0.2) is 30.3 Å². The predicted molar refractivity (Wildman–Crippen MR) is 68.2 cm³/mol. The summed E-state index contributed by atoms with van der Waals surface area (Å²) in [6, 6.07) is 8.18. The smallest absolute Gasteiger partial charge is 0.380 e. The lowest BCUT2D eigenvalue weighted by atomic mass is 9.90. The minimum atomic E-state index is -4.71. The first-order chi connectivity index (χ1) is 9.74. The summed E-state index contributed by atoms with van der Waals surface area (Å²) in [6.45, 7) is -0.475. The molecule has 0 aromatic heterocycles. The molecule has 1 aromatic carbocycles. The van der Waals surface area contributed by atoms with Crippen LogP contribution in [0.1, 0.15) is 24.5 Å². The van der Waals surface area contributed by atoms with Crippen LogP contribution in [0.2, 0.25) is 0 Å². The minimum Gasteiger partial charge on any atom is -0.380 e. The summed E-state index contributed by atoms with van der Waals surface area (Å²) in [4.78, 5) is 13.2. The number of hydrogen-bond acceptors (Lipinski definition) is 3. The van der Waals surface area contributed by atoms with Gasteiger partial charge in [-0.2, -0.15) is 13.2 Å². The first kappa shape index (κ1) is 15.8. The summed E-state index contributed by atoms with van der Waals surface area (Å²) in [7, 11) is 0. The molecular weight excluding hydrogens is 287 g/mol. The molecule has 7 heteroatoms. The first-order valence-corrected chi connectivity index (χ1v) is 6.55. The van der Waals surface area contributed by atoms with E-state index in [1.165, 1.54) is 0 Å². The van der Waals surface area contributed by atoms with Crippen LogP contribution in [0, 0.1) is 0 Å². The number of hydrogen-bond donors (Lipinski definition) is 2. The number of carbonyl (C=O) groups is 1. The van der Waals surface area contributed by atoms with Crippen molar-refractivity contribution in [3.8, 4) is 0 Å². The van der Waals surface area contributed by atoms with Crippen LogP contribution in [-0.4, -0.2) is 45.9 Å². The van der Waals surface area contributed by atoms with E-state index in [9.17, 15) is 28.2 Å². The van der Waals surface area contributed by atoms with Gasteiger partial charge in [0.05, 0.1) is 0 Å². The largest absolute Gasteiger partial charge is 0.417 e. The Kier molecular flexibility index (Phi) is 4.25. The highest BCUT2D eigenvalue weighted by Crippen LogP contribution is 2.38. The molecule has 116 valence electrons. The number of piperidine rings is 1. The van der Waals surface area contributed by atoms with Gasteiger partial charge in [-0.05, 0) is 5.56 Å². The fraction of sp³-hybridized carbons (Fsp3) is 0.500. The van der Waals surface area contributed by atoms with E-state index in [0.717, 1.165) is 4.90 Å². The molecule has 1 atom stereocenters. The average Bonchev–Trinajstić information content (AvgIpc) is 2.46. The Labute approximate surface area is 119 Å². The average molecular weight is 303 g/mol. The Morgan fingerprint density at radius 3 is 2.19 bits per heavy atom. The van der Waals surface area contributed by atoms with Crippen molar-refractivity contribution in [2.75, 3.05) is 13.1 Å². The van der Waals surface area contributed by atoms with E-state index in [1.807, 2.05) is 0 Å². The third-order valence-corrected chi connectivity index (χ3v) is 3.78. The summed E-state index contributed by atoms with van der Waals surface area (Å²) in [5.41, 5.74) is -2.36. The Balaban J connectivity index is 2.01. The fourth-order valence-corrected chi connectivity index (χ4v) is 2.33. The third kappa shape index (κ3) is 3.19. The number of likely N-dealkylation sites (tertiary alicyclic amines) is 1. The van der Waals surface area contributed by atoms with Crippen molar-refractivity contribution in [3.05, 3.63) is 35.9 Å². The molecule has 0 radical (unpaired) electrons. The van der Waals surface area contributed by atoms with Gasteiger partial charge >= 0.3 is 6.18 Å². The molecule has 0 spiro atoms. The van der Waals surface area contributed by atoms with Crippen LogP contribution >= 0.6 is 0 Å². The maximum Gasteiger partial charge on any atom is 0.417 e. The van der Waals surface area contributed by atoms with Crippen molar-refractivity contribution < 1.29 is 28.2 Å². The van der Waals surface area contributed by atoms with Crippen molar-refractivity contribution in [2.45, 2.75) is 30.7 Å². The van der Waals surface area contributed by atoms with Crippen molar-refractivity contribution in [3.63, 3.8) is 0 Å². The SMILES string of the molecule is O=C([C@@H](O)c1ccccc1)N1CCC(O)(C(F)(F)F)CC1. The number of benzene rings is 1. The maximum absolute atomic E-state index is 12.7. The summed E-state index contributed by atoms with van der Waals surface area (Å²) < 4.78 is 38.0. The number of alkyl halides is 3. The zero-order valence-corrected chi connectivity index (χ0v) is 11.2. The molecule has 2 rings (SSSR count). The van der Waals surface area contributed by atoms with Crippen molar-refractivity contribution in [1.29, 1.82) is 0 Å². The Bertz CT molecular complexity index is 496. The standard InChI is InChI=1S/C14H16F3NO3/c15-14(16,17)13(21)6-8-18(9-7-13)12(20)11(19)10-4-2-1-3-5-10/h1-5,11,19,21H,6-9H2/t11-/m0/s1. The second-order valence-electron chi connectivity index (χ2n) is 5.17. The van der Waals surface area contributed by atoms with E-state index < -0.39 is 36.6 Å². The number of aliphatic hydroxyl groups excluding tert-OH is 1. The quantitative estimate of drug-likeness (QED) is 0.873. The summed E-state index contributed by atoms with van der Waals surface area (Å²) in [5.74, 6) is -0.648. The molecule has 1 aromatic rings. The highest BCUT2D eigenvalue weighted by atomic mass is 19.4. The van der Waals surface area contributed by atoms with E-state index in [-0.39, 0.29) is 13.1 Å². The van der Waals surface area contributed by atoms with Gasteiger partial charge in [0.2, 0.25) is 0 Å². The van der Waals surface area contributed by atoms with Gasteiger partial charge in [-0.3, -0.25) is 4.79 Å². The Morgan fingerprint density at radius 1 is 1.19 bits per heavy atom. The molecule has 1 aliphatic rings. The fourth-order valence-electron chi connectivity index (χ4n) is 2.33. The van der Waals surface area contributed by atoms with Crippen LogP contribution in [0.4, 0.5) is 13.2 Å². The Morgan fingerprint density at radius 2 is 1.71 bits per heavy atom. The van der Waals surface area contributed by atoms with Crippen LogP contribution in [0.3, 0.4) is 0 Å². The van der Waals surface area contributed by atoms with E-state index in [4.69, 9.17) is 0 Å². The van der Waals surface area contributed by atoms with Crippen LogP contribution in [-0.2, 0) is 4.79 Å². The van der Waals surface area contributed by atoms with Crippen molar-refractivity contribution in [2.24, 2.45) is 0 Å². The molecular formula is C14H16F3NO3. The molecule has 1 heterocycles. The number of carbonyl (C=O) groups excluding carboxylic acids is 1. The molecule has 21 heavy (non-hydrogen) atoms. The molecule has 4 nitrogen and oxygen atoms in total. The zero-order chi connectivity index (χ0) is 15.7. The topological polar surface area (TPSA) is 60.8 Å². The highest BCUT2D eigenvalue weighted by Gasteiger charge is 2.55. The molecule has 1 saturated heterocycles. The van der Waals surface area contributed by atoms with Crippen LogP contribution in [0.25, 0.3) is 0 Å². The lowest BCUT2D eigenvalue weighted by Gasteiger charge is -2.39. The molecule has 0 bridgehead atoms. The molecule has 2 N–H and O–H groups in total. The monoisotopic (exact) mass is 303 g/mol. The summed E-state index contributed by atoms with van der Waals surface area (Å²) in [6.07, 6.45) is -7.27. The van der Waals surface area contributed by atoms with E-state index >= 15 is 0 Å². The van der Waals surface area contributed by atoms with Crippen LogP contribution < -0.4 is 0 Å². The van der Waals surface area contributed by atoms with Gasteiger partial charge in [-0.1, -0.05) is 30.3 Å². The molecule has 1 fully saturated rings. The van der Waals surface area contributed by atoms with E-state index in [2.05, 4.69) is 0 Å². The first-order valence-electron chi connectivity index (χ1n) is 6.55. The maximum atomic E-state index is 12.7. The van der Waals surface area contributed by atoms with E-state index in [1.54, 1.807) is 30.3 Å². The van der Waals surface area contributed by atoms with Gasteiger partial charge in [0, 0.05) is 25.9 Å². The molecule has 0 unspecified atom stereocenters. The number of amides is 1. The second kappa shape index (κ2) is 5.65. The van der Waals surface area contributed by atoms with Crippen LogP contribution in [0.5, 0.6) is 0 Å². The number of rotatable bonds is 2. The van der Waals surface area contributed by atoms with Gasteiger partial charge in [0.25, 0.3) is 5.91 Å². The van der Waals surface area contributed by atoms with Crippen molar-refractivity contribution >= 4 is 5.91 Å². The number of nitrogens with zero attached hydrogens (tertiary/aromatic N) is 1. The van der Waals surface area contributed by atoms with E-state index in [0.29, 0.717) is 5.56 Å².